The second-order valence-electron chi connectivity index (χ2n) is 9.22. The van der Waals surface area contributed by atoms with Gasteiger partial charge in [-0.25, -0.2) is 9.78 Å². The number of amides is 4. The molecule has 4 atom stereocenters. The zero-order chi connectivity index (χ0) is 30.4. The van der Waals surface area contributed by atoms with Gasteiger partial charge in [0.1, 0.15) is 18.1 Å². The van der Waals surface area contributed by atoms with Crippen LogP contribution in [0.3, 0.4) is 0 Å². The summed E-state index contributed by atoms with van der Waals surface area (Å²) in [7, 11) is 0. The maximum absolute atomic E-state index is 13.3. The maximum Gasteiger partial charge on any atom is 0.326 e. The highest BCUT2D eigenvalue weighted by Crippen LogP contribution is 2.07. The molecule has 13 N–H and O–H groups in total. The number of carbonyl (C=O) groups is 5. The third-order valence-corrected chi connectivity index (χ3v) is 5.85. The Morgan fingerprint density at radius 1 is 0.902 bits per heavy atom. The van der Waals surface area contributed by atoms with Crippen molar-refractivity contribution in [1.82, 2.24) is 25.9 Å². The molecule has 4 amide bonds. The zero-order valence-corrected chi connectivity index (χ0v) is 22.3. The molecule has 0 spiro atoms. The van der Waals surface area contributed by atoms with Crippen LogP contribution >= 0.6 is 0 Å². The van der Waals surface area contributed by atoms with Crippen LogP contribution in [0.15, 0.2) is 47.8 Å². The minimum atomic E-state index is -1.52. The van der Waals surface area contributed by atoms with E-state index in [0.717, 1.165) is 0 Å². The number of hydrogen-bond donors (Lipinski definition) is 9. The summed E-state index contributed by atoms with van der Waals surface area (Å²) in [6, 6.07) is 3.65. The summed E-state index contributed by atoms with van der Waals surface area (Å²) in [5, 5.41) is 16.8. The summed E-state index contributed by atoms with van der Waals surface area (Å²) in [4.78, 5) is 73.1. The Hall–Kier alpha value is -4.99. The molecule has 1 aromatic carbocycles. The Balaban J connectivity index is 2.17. The van der Waals surface area contributed by atoms with Crippen LogP contribution < -0.4 is 38.9 Å². The summed E-state index contributed by atoms with van der Waals surface area (Å²) < 4.78 is 0. The monoisotopic (exact) mass is 572 g/mol. The average Bonchev–Trinajstić information content (AvgIpc) is 3.42. The number of aliphatic carboxylic acids is 1. The number of aliphatic imine (C=N–C) groups is 1. The van der Waals surface area contributed by atoms with Gasteiger partial charge in [0, 0.05) is 31.3 Å². The molecule has 0 aliphatic rings. The SMILES string of the molecule is NC(=O)CC(NC(=O)C(Cc1ccccc1)NC(=O)C(N)Cc1cnc[nH]1)C(=O)NC(CCCN=C(N)N)C(=O)O. The van der Waals surface area contributed by atoms with Crippen molar-refractivity contribution in [3.05, 3.63) is 54.1 Å². The van der Waals surface area contributed by atoms with E-state index in [1.165, 1.54) is 12.5 Å². The number of hydrogen-bond acceptors (Lipinski definition) is 8. The van der Waals surface area contributed by atoms with Gasteiger partial charge in [-0.15, -0.1) is 0 Å². The van der Waals surface area contributed by atoms with Crippen LogP contribution in [0.4, 0.5) is 0 Å². The van der Waals surface area contributed by atoms with Crippen molar-refractivity contribution in [2.24, 2.45) is 27.9 Å². The second kappa shape index (κ2) is 16.2. The van der Waals surface area contributed by atoms with Crippen molar-refractivity contribution in [1.29, 1.82) is 0 Å². The molecular weight excluding hydrogens is 536 g/mol. The standard InChI is InChI=1S/C25H36N10O6/c26-16(10-15-12-30-13-32-15)21(37)34-18(9-14-5-2-1-3-6-14)22(38)35-19(11-20(27)36)23(39)33-17(24(40)41)7-4-8-31-25(28)29/h1-3,5-6,12-13,16-19H,4,7-11,26H2,(H2,27,36)(H,30,32)(H,33,39)(H,34,37)(H,35,38)(H,40,41)(H4,28,29,31). The van der Waals surface area contributed by atoms with E-state index in [-0.39, 0.29) is 38.2 Å². The van der Waals surface area contributed by atoms with E-state index >= 15 is 0 Å². The van der Waals surface area contributed by atoms with E-state index in [9.17, 15) is 29.1 Å². The van der Waals surface area contributed by atoms with E-state index in [0.29, 0.717) is 11.3 Å². The van der Waals surface area contributed by atoms with Crippen molar-refractivity contribution >= 4 is 35.6 Å². The molecule has 0 saturated carbocycles. The van der Waals surface area contributed by atoms with Crippen LogP contribution in [0.5, 0.6) is 0 Å². The van der Waals surface area contributed by atoms with Crippen molar-refractivity contribution in [3.8, 4) is 0 Å². The van der Waals surface area contributed by atoms with E-state index in [1.807, 2.05) is 0 Å². The number of nitrogens with one attached hydrogen (secondary N) is 4. The molecule has 16 heteroatoms. The molecule has 1 aromatic heterocycles. The van der Waals surface area contributed by atoms with Crippen molar-refractivity contribution in [3.63, 3.8) is 0 Å². The van der Waals surface area contributed by atoms with Crippen LogP contribution in [0.1, 0.15) is 30.5 Å². The van der Waals surface area contributed by atoms with Crippen LogP contribution in [-0.2, 0) is 36.8 Å². The van der Waals surface area contributed by atoms with Crippen LogP contribution in [0.25, 0.3) is 0 Å². The van der Waals surface area contributed by atoms with Gasteiger partial charge in [-0.2, -0.15) is 0 Å². The van der Waals surface area contributed by atoms with E-state index in [4.69, 9.17) is 22.9 Å². The van der Waals surface area contributed by atoms with Gasteiger partial charge in [0.25, 0.3) is 0 Å². The predicted molar refractivity (Wildman–Crippen MR) is 148 cm³/mol. The van der Waals surface area contributed by atoms with E-state index < -0.39 is 60.2 Å². The first kappa shape index (κ1) is 32.2. The predicted octanol–water partition coefficient (Wildman–Crippen LogP) is -3.01. The number of aromatic amines is 1. The van der Waals surface area contributed by atoms with Crippen LogP contribution in [-0.4, -0.2) is 81.3 Å². The topological polar surface area (TPSA) is 287 Å². The molecule has 4 unspecified atom stereocenters. The zero-order valence-electron chi connectivity index (χ0n) is 22.3. The third-order valence-electron chi connectivity index (χ3n) is 5.85. The second-order valence-corrected chi connectivity index (χ2v) is 9.22. The molecule has 0 aliphatic carbocycles. The Labute approximate surface area is 235 Å². The largest absolute Gasteiger partial charge is 0.480 e. The first-order valence-electron chi connectivity index (χ1n) is 12.7. The number of primary amides is 1. The van der Waals surface area contributed by atoms with Crippen molar-refractivity contribution in [2.45, 2.75) is 56.3 Å². The molecule has 222 valence electrons. The highest BCUT2D eigenvalue weighted by Gasteiger charge is 2.31. The number of guanidine groups is 1. The van der Waals surface area contributed by atoms with Crippen molar-refractivity contribution in [2.75, 3.05) is 6.54 Å². The number of carboxylic acid groups (broad SMARTS) is 1. The van der Waals surface area contributed by atoms with E-state index in [2.05, 4.69) is 30.9 Å². The van der Waals surface area contributed by atoms with Gasteiger partial charge in [0.2, 0.25) is 23.6 Å². The first-order chi connectivity index (χ1) is 19.5. The Bertz CT molecular complexity index is 1200. The number of nitrogens with zero attached hydrogens (tertiary/aromatic N) is 2. The summed E-state index contributed by atoms with van der Waals surface area (Å²) in [5.41, 5.74) is 23.1. The minimum Gasteiger partial charge on any atom is -0.480 e. The summed E-state index contributed by atoms with van der Waals surface area (Å²) in [5.74, 6) is -4.82. The van der Waals surface area contributed by atoms with E-state index in [1.54, 1.807) is 30.3 Å². The molecule has 0 bridgehead atoms. The summed E-state index contributed by atoms with van der Waals surface area (Å²) in [6.07, 6.45) is 2.68. The minimum absolute atomic E-state index is 0.0304. The Kier molecular flexibility index (Phi) is 12.7. The Morgan fingerprint density at radius 3 is 2.12 bits per heavy atom. The molecule has 0 radical (unpaired) electrons. The summed E-state index contributed by atoms with van der Waals surface area (Å²) in [6.45, 7) is 0.132. The lowest BCUT2D eigenvalue weighted by Gasteiger charge is -2.25. The van der Waals surface area contributed by atoms with Gasteiger partial charge in [-0.1, -0.05) is 30.3 Å². The highest BCUT2D eigenvalue weighted by atomic mass is 16.4. The molecule has 0 fully saturated rings. The lowest BCUT2D eigenvalue weighted by atomic mass is 10.0. The number of rotatable bonds is 17. The van der Waals surface area contributed by atoms with Crippen LogP contribution in [0, 0.1) is 0 Å². The molecule has 41 heavy (non-hydrogen) atoms. The average molecular weight is 573 g/mol. The molecule has 2 rings (SSSR count). The summed E-state index contributed by atoms with van der Waals surface area (Å²) >= 11 is 0. The normalized spacial score (nSPS) is 13.6. The third kappa shape index (κ3) is 11.7. The first-order valence-corrected chi connectivity index (χ1v) is 12.7. The molecular formula is C25H36N10O6. The number of nitrogens with two attached hydrogens (primary N) is 4. The lowest BCUT2D eigenvalue weighted by molar-refractivity contribution is -0.142. The fourth-order valence-electron chi connectivity index (χ4n) is 3.78. The molecule has 0 saturated heterocycles. The fourth-order valence-corrected chi connectivity index (χ4v) is 3.78. The quantitative estimate of drug-likeness (QED) is 0.0525. The van der Waals surface area contributed by atoms with Gasteiger partial charge in [0.15, 0.2) is 5.96 Å². The molecule has 0 aliphatic heterocycles. The molecule has 16 nitrogen and oxygen atoms in total. The number of H-pyrrole nitrogens is 1. The number of carboxylic acids is 1. The Morgan fingerprint density at radius 2 is 1.54 bits per heavy atom. The smallest absolute Gasteiger partial charge is 0.326 e. The number of carbonyl (C=O) groups excluding carboxylic acids is 4. The van der Waals surface area contributed by atoms with Crippen LogP contribution in [0.2, 0.25) is 0 Å². The fraction of sp³-hybridized carbons (Fsp3) is 0.400. The van der Waals surface area contributed by atoms with Gasteiger partial charge in [-0.3, -0.25) is 24.2 Å². The highest BCUT2D eigenvalue weighted by molar-refractivity contribution is 5.96. The van der Waals surface area contributed by atoms with Gasteiger partial charge < -0.3 is 49.0 Å². The molecule has 1 heterocycles. The number of imidazole rings is 1. The lowest BCUT2D eigenvalue weighted by Crippen LogP contribution is -2.58. The van der Waals surface area contributed by atoms with Gasteiger partial charge >= 0.3 is 5.97 Å². The number of aromatic nitrogens is 2. The van der Waals surface area contributed by atoms with Gasteiger partial charge in [0.05, 0.1) is 18.8 Å². The number of benzene rings is 1. The maximum atomic E-state index is 13.3. The molecule has 2 aromatic rings. The van der Waals surface area contributed by atoms with Crippen molar-refractivity contribution < 1.29 is 29.1 Å². The van der Waals surface area contributed by atoms with Gasteiger partial charge in [-0.05, 0) is 18.4 Å².